The van der Waals surface area contributed by atoms with E-state index in [0.717, 1.165) is 24.0 Å². The molecule has 1 aromatic heterocycles. The lowest BCUT2D eigenvalue weighted by atomic mass is 9.90. The zero-order valence-corrected chi connectivity index (χ0v) is 14.9. The van der Waals surface area contributed by atoms with Crippen molar-refractivity contribution in [2.75, 3.05) is 0 Å². The average molecular weight is 356 g/mol. The molecule has 0 saturated carbocycles. The minimum atomic E-state index is -0.321. The normalized spacial score (nSPS) is 18.4. The van der Waals surface area contributed by atoms with Gasteiger partial charge in [0.15, 0.2) is 0 Å². The van der Waals surface area contributed by atoms with Crippen LogP contribution in [0, 0.1) is 5.92 Å². The van der Waals surface area contributed by atoms with Crippen molar-refractivity contribution in [1.82, 2.24) is 10.9 Å². The van der Waals surface area contributed by atoms with Crippen molar-refractivity contribution < 1.29 is 14.3 Å². The molecule has 1 aliphatic heterocycles. The molecular formula is C19H20N2O3S. The predicted octanol–water partition coefficient (Wildman–Crippen LogP) is 2.98. The maximum Gasteiger partial charge on any atom is 0.279 e. The van der Waals surface area contributed by atoms with Gasteiger partial charge < -0.3 is 4.74 Å². The number of hydrogen-bond donors (Lipinski definition) is 2. The van der Waals surface area contributed by atoms with Crippen LogP contribution in [-0.4, -0.2) is 11.8 Å². The summed E-state index contributed by atoms with van der Waals surface area (Å²) in [5.41, 5.74) is 8.96. The highest BCUT2D eigenvalue weighted by atomic mass is 32.1. The highest BCUT2D eigenvalue weighted by molar-refractivity contribution is 7.14. The van der Waals surface area contributed by atoms with Crippen LogP contribution in [-0.2, 0) is 30.8 Å². The molecular weight excluding hydrogens is 336 g/mol. The van der Waals surface area contributed by atoms with Crippen molar-refractivity contribution in [3.05, 3.63) is 56.3 Å². The maximum atomic E-state index is 12.3. The van der Waals surface area contributed by atoms with Gasteiger partial charge >= 0.3 is 0 Å². The van der Waals surface area contributed by atoms with E-state index in [9.17, 15) is 9.59 Å². The van der Waals surface area contributed by atoms with E-state index < -0.39 is 0 Å². The molecule has 2 heterocycles. The molecule has 6 heteroatoms. The van der Waals surface area contributed by atoms with Gasteiger partial charge in [-0.3, -0.25) is 20.4 Å². The highest BCUT2D eigenvalue weighted by Crippen LogP contribution is 2.32. The van der Waals surface area contributed by atoms with Crippen LogP contribution in [0.1, 0.15) is 54.9 Å². The minimum Gasteiger partial charge on any atom is -0.372 e. The van der Waals surface area contributed by atoms with Gasteiger partial charge in [-0.2, -0.15) is 0 Å². The van der Waals surface area contributed by atoms with E-state index in [0.29, 0.717) is 29.6 Å². The van der Waals surface area contributed by atoms with Crippen molar-refractivity contribution in [2.45, 2.75) is 39.4 Å². The Labute approximate surface area is 150 Å². The third-order valence-corrected chi connectivity index (χ3v) is 6.06. The van der Waals surface area contributed by atoms with Crippen molar-refractivity contribution in [3.8, 4) is 0 Å². The molecule has 25 heavy (non-hydrogen) atoms. The Kier molecular flexibility index (Phi) is 4.31. The number of hydrogen-bond acceptors (Lipinski definition) is 4. The van der Waals surface area contributed by atoms with Crippen LogP contribution in [0.2, 0.25) is 0 Å². The molecule has 0 radical (unpaired) electrons. The number of nitrogens with one attached hydrogen (secondary N) is 2. The summed E-state index contributed by atoms with van der Waals surface area (Å²) in [6.45, 7) is 3.36. The number of amides is 2. The van der Waals surface area contributed by atoms with Crippen LogP contribution in [0.15, 0.2) is 24.3 Å². The third-order valence-electron chi connectivity index (χ3n) is 4.83. The van der Waals surface area contributed by atoms with Gasteiger partial charge in [0, 0.05) is 10.4 Å². The second kappa shape index (κ2) is 6.61. The predicted molar refractivity (Wildman–Crippen MR) is 95.4 cm³/mol. The van der Waals surface area contributed by atoms with Crippen molar-refractivity contribution >= 4 is 23.2 Å². The summed E-state index contributed by atoms with van der Waals surface area (Å²) in [6, 6.07) is 7.42. The van der Waals surface area contributed by atoms with Gasteiger partial charge in [0.25, 0.3) is 11.8 Å². The first kappa shape index (κ1) is 16.3. The molecule has 2 amide bonds. The molecule has 0 fully saturated rings. The molecule has 1 aromatic carbocycles. The van der Waals surface area contributed by atoms with Crippen LogP contribution in [0.3, 0.4) is 0 Å². The first-order valence-corrected chi connectivity index (χ1v) is 9.33. The van der Waals surface area contributed by atoms with Crippen molar-refractivity contribution in [3.63, 3.8) is 0 Å². The van der Waals surface area contributed by atoms with Gasteiger partial charge in [-0.25, -0.2) is 0 Å². The number of rotatable bonds is 2. The zero-order chi connectivity index (χ0) is 17.4. The Morgan fingerprint density at radius 3 is 2.76 bits per heavy atom. The monoisotopic (exact) mass is 356 g/mol. The standard InChI is InChI=1S/C19H20N2O3S/c1-11-2-5-16-14(6-11)8-17(25-16)19(23)21-20-18(22)12-3-4-13-9-24-10-15(13)7-12/h3-4,7-8,11H,2,5-6,9-10H2,1H3,(H,20,22)(H,21,23)/t11-/m1/s1. The van der Waals surface area contributed by atoms with E-state index in [1.807, 2.05) is 18.2 Å². The Morgan fingerprint density at radius 2 is 1.88 bits per heavy atom. The molecule has 2 aliphatic rings. The van der Waals surface area contributed by atoms with Crippen LogP contribution in [0.4, 0.5) is 0 Å². The third kappa shape index (κ3) is 3.32. The van der Waals surface area contributed by atoms with E-state index in [-0.39, 0.29) is 11.8 Å². The molecule has 130 valence electrons. The molecule has 4 rings (SSSR count). The van der Waals surface area contributed by atoms with Crippen LogP contribution >= 0.6 is 11.3 Å². The van der Waals surface area contributed by atoms with Gasteiger partial charge in [0.05, 0.1) is 18.1 Å². The van der Waals surface area contributed by atoms with Gasteiger partial charge in [-0.1, -0.05) is 13.0 Å². The SMILES string of the molecule is C[C@@H]1CCc2sc(C(=O)NNC(=O)c3ccc4c(c3)COC4)cc2C1. The lowest BCUT2D eigenvalue weighted by Crippen LogP contribution is -2.41. The largest absolute Gasteiger partial charge is 0.372 e. The summed E-state index contributed by atoms with van der Waals surface area (Å²) in [6.07, 6.45) is 3.24. The molecule has 2 aromatic rings. The Morgan fingerprint density at radius 1 is 1.08 bits per heavy atom. The molecule has 1 atom stereocenters. The number of aryl methyl sites for hydroxylation is 1. The number of carbonyl (C=O) groups is 2. The fourth-order valence-electron chi connectivity index (χ4n) is 3.38. The Bertz CT molecular complexity index is 843. The Hall–Kier alpha value is -2.18. The summed E-state index contributed by atoms with van der Waals surface area (Å²) in [4.78, 5) is 26.5. The molecule has 0 bridgehead atoms. The summed E-state index contributed by atoms with van der Waals surface area (Å²) in [5, 5.41) is 0. The summed E-state index contributed by atoms with van der Waals surface area (Å²) >= 11 is 1.53. The van der Waals surface area contributed by atoms with Crippen molar-refractivity contribution in [1.29, 1.82) is 0 Å². The Balaban J connectivity index is 1.39. The number of ether oxygens (including phenoxy) is 1. The average Bonchev–Trinajstić information content (AvgIpc) is 3.24. The van der Waals surface area contributed by atoms with Gasteiger partial charge in [-0.05, 0) is 60.1 Å². The number of fused-ring (bicyclic) bond motifs is 2. The number of carbonyl (C=O) groups excluding carboxylic acids is 2. The first-order chi connectivity index (χ1) is 12.1. The second-order valence-electron chi connectivity index (χ2n) is 6.79. The van der Waals surface area contributed by atoms with E-state index in [4.69, 9.17) is 4.74 Å². The van der Waals surface area contributed by atoms with Crippen LogP contribution in [0.25, 0.3) is 0 Å². The first-order valence-electron chi connectivity index (χ1n) is 8.52. The number of thiophene rings is 1. The second-order valence-corrected chi connectivity index (χ2v) is 7.93. The quantitative estimate of drug-likeness (QED) is 0.813. The van der Waals surface area contributed by atoms with Crippen LogP contribution < -0.4 is 10.9 Å². The van der Waals surface area contributed by atoms with E-state index in [1.54, 1.807) is 6.07 Å². The molecule has 0 unspecified atom stereocenters. The lowest BCUT2D eigenvalue weighted by Gasteiger charge is -2.16. The van der Waals surface area contributed by atoms with Crippen LogP contribution in [0.5, 0.6) is 0 Å². The molecule has 0 spiro atoms. The molecule has 0 saturated heterocycles. The fraction of sp³-hybridized carbons (Fsp3) is 0.368. The minimum absolute atomic E-state index is 0.259. The van der Waals surface area contributed by atoms with Crippen molar-refractivity contribution in [2.24, 2.45) is 5.92 Å². The summed E-state index contributed by atoms with van der Waals surface area (Å²) in [7, 11) is 0. The molecule has 1 aliphatic carbocycles. The number of benzene rings is 1. The fourth-order valence-corrected chi connectivity index (χ4v) is 4.48. The summed E-state index contributed by atoms with van der Waals surface area (Å²) < 4.78 is 5.35. The topological polar surface area (TPSA) is 67.4 Å². The lowest BCUT2D eigenvalue weighted by molar-refractivity contribution is 0.0849. The summed E-state index contributed by atoms with van der Waals surface area (Å²) in [5.74, 6) is 0.0874. The highest BCUT2D eigenvalue weighted by Gasteiger charge is 2.21. The van der Waals surface area contributed by atoms with E-state index >= 15 is 0 Å². The van der Waals surface area contributed by atoms with Gasteiger partial charge in [0.1, 0.15) is 0 Å². The van der Waals surface area contributed by atoms with Gasteiger partial charge in [-0.15, -0.1) is 11.3 Å². The maximum absolute atomic E-state index is 12.3. The molecule has 5 nitrogen and oxygen atoms in total. The van der Waals surface area contributed by atoms with E-state index in [2.05, 4.69) is 17.8 Å². The smallest absolute Gasteiger partial charge is 0.279 e. The molecule has 2 N–H and O–H groups in total. The van der Waals surface area contributed by atoms with E-state index in [1.165, 1.54) is 28.2 Å². The zero-order valence-electron chi connectivity index (χ0n) is 14.1. The van der Waals surface area contributed by atoms with Gasteiger partial charge in [0.2, 0.25) is 0 Å². The number of hydrazine groups is 1.